The van der Waals surface area contributed by atoms with Gasteiger partial charge in [-0.1, -0.05) is 49.4 Å². The zero-order valence-corrected chi connectivity index (χ0v) is 14.2. The average molecular weight is 310 g/mol. The summed E-state index contributed by atoms with van der Waals surface area (Å²) < 4.78 is 0. The van der Waals surface area contributed by atoms with Crippen LogP contribution in [0.15, 0.2) is 54.6 Å². The van der Waals surface area contributed by atoms with Crippen LogP contribution in [0.4, 0.5) is 5.69 Å². The summed E-state index contributed by atoms with van der Waals surface area (Å²) in [5, 5.41) is 6.41. The summed E-state index contributed by atoms with van der Waals surface area (Å²) in [4.78, 5) is 12.1. The van der Waals surface area contributed by atoms with Crippen LogP contribution in [-0.4, -0.2) is 11.9 Å². The first-order valence-corrected chi connectivity index (χ1v) is 8.28. The maximum atomic E-state index is 12.1. The van der Waals surface area contributed by atoms with Gasteiger partial charge < -0.3 is 10.6 Å². The van der Waals surface area contributed by atoms with E-state index < -0.39 is 0 Å². The lowest BCUT2D eigenvalue weighted by molar-refractivity contribution is -0.116. The Labute approximate surface area is 139 Å². The van der Waals surface area contributed by atoms with Gasteiger partial charge >= 0.3 is 0 Å². The van der Waals surface area contributed by atoms with Gasteiger partial charge in [0.15, 0.2) is 0 Å². The SMILES string of the molecule is CCc1ccc(C(C)NC(C)CC(=O)Nc2ccccc2)cc1. The number of anilines is 1. The topological polar surface area (TPSA) is 41.1 Å². The number of aryl methyl sites for hydroxylation is 1. The standard InChI is InChI=1S/C20H26N2O/c1-4-17-10-12-18(13-11-17)16(3)21-15(2)14-20(23)22-19-8-6-5-7-9-19/h5-13,15-16,21H,4,14H2,1-3H3,(H,22,23). The Bertz CT molecular complexity index is 607. The van der Waals surface area contributed by atoms with Crippen molar-refractivity contribution < 1.29 is 4.79 Å². The third kappa shape index (κ3) is 5.53. The van der Waals surface area contributed by atoms with Gasteiger partial charge in [0.2, 0.25) is 5.91 Å². The largest absolute Gasteiger partial charge is 0.326 e. The Morgan fingerprint density at radius 1 is 1.00 bits per heavy atom. The third-order valence-electron chi connectivity index (χ3n) is 3.97. The number of rotatable bonds is 7. The molecule has 122 valence electrons. The van der Waals surface area contributed by atoms with E-state index in [0.29, 0.717) is 6.42 Å². The minimum absolute atomic E-state index is 0.0322. The molecule has 0 aliphatic carbocycles. The molecule has 0 saturated carbocycles. The van der Waals surface area contributed by atoms with Crippen molar-refractivity contribution in [1.29, 1.82) is 0 Å². The molecule has 0 aliphatic heterocycles. The Kier molecular flexibility index (Phi) is 6.36. The van der Waals surface area contributed by atoms with Crippen molar-refractivity contribution in [3.05, 3.63) is 65.7 Å². The zero-order chi connectivity index (χ0) is 16.7. The second kappa shape index (κ2) is 8.49. The Hall–Kier alpha value is -2.13. The maximum absolute atomic E-state index is 12.1. The van der Waals surface area contributed by atoms with E-state index in [1.807, 2.05) is 37.3 Å². The van der Waals surface area contributed by atoms with E-state index in [-0.39, 0.29) is 18.0 Å². The van der Waals surface area contributed by atoms with Gasteiger partial charge in [0, 0.05) is 24.2 Å². The van der Waals surface area contributed by atoms with Crippen LogP contribution in [0.25, 0.3) is 0 Å². The fourth-order valence-corrected chi connectivity index (χ4v) is 2.64. The molecule has 23 heavy (non-hydrogen) atoms. The minimum Gasteiger partial charge on any atom is -0.326 e. The van der Waals surface area contributed by atoms with Gasteiger partial charge in [-0.25, -0.2) is 0 Å². The van der Waals surface area contributed by atoms with Crippen molar-refractivity contribution in [3.63, 3.8) is 0 Å². The Balaban J connectivity index is 1.83. The van der Waals surface area contributed by atoms with Crippen molar-refractivity contribution in [1.82, 2.24) is 5.32 Å². The first-order valence-electron chi connectivity index (χ1n) is 8.28. The molecule has 3 heteroatoms. The summed E-state index contributed by atoms with van der Waals surface area (Å²) in [6.45, 7) is 6.33. The van der Waals surface area contributed by atoms with Crippen molar-refractivity contribution in [2.24, 2.45) is 0 Å². The number of benzene rings is 2. The van der Waals surface area contributed by atoms with E-state index in [2.05, 4.69) is 48.7 Å². The fraction of sp³-hybridized carbons (Fsp3) is 0.350. The molecule has 2 aromatic carbocycles. The quantitative estimate of drug-likeness (QED) is 0.800. The van der Waals surface area contributed by atoms with Crippen LogP contribution in [0.3, 0.4) is 0 Å². The van der Waals surface area contributed by atoms with Gasteiger partial charge in [-0.3, -0.25) is 4.79 Å². The van der Waals surface area contributed by atoms with Crippen LogP contribution in [0.2, 0.25) is 0 Å². The van der Waals surface area contributed by atoms with E-state index in [4.69, 9.17) is 0 Å². The first-order chi connectivity index (χ1) is 11.1. The molecular weight excluding hydrogens is 284 g/mol. The average Bonchev–Trinajstić information content (AvgIpc) is 2.55. The molecule has 1 amide bonds. The van der Waals surface area contributed by atoms with Crippen molar-refractivity contribution in [2.45, 2.75) is 45.7 Å². The Morgan fingerprint density at radius 2 is 1.65 bits per heavy atom. The molecule has 0 aromatic heterocycles. The molecular formula is C20H26N2O. The molecule has 0 heterocycles. The fourth-order valence-electron chi connectivity index (χ4n) is 2.64. The molecule has 0 bridgehead atoms. The smallest absolute Gasteiger partial charge is 0.225 e. The second-order valence-corrected chi connectivity index (χ2v) is 6.00. The number of amides is 1. The van der Waals surface area contributed by atoms with E-state index in [9.17, 15) is 4.79 Å². The van der Waals surface area contributed by atoms with Crippen LogP contribution >= 0.6 is 0 Å². The predicted molar refractivity (Wildman–Crippen MR) is 96.5 cm³/mol. The van der Waals surface area contributed by atoms with Gasteiger partial charge in [-0.2, -0.15) is 0 Å². The van der Waals surface area contributed by atoms with Crippen molar-refractivity contribution >= 4 is 11.6 Å². The summed E-state index contributed by atoms with van der Waals surface area (Å²) in [6, 6.07) is 18.5. The molecule has 0 aliphatic rings. The number of carbonyl (C=O) groups excluding carboxylic acids is 1. The highest BCUT2D eigenvalue weighted by Gasteiger charge is 2.13. The molecule has 2 aromatic rings. The molecule has 0 saturated heterocycles. The molecule has 2 unspecified atom stereocenters. The monoisotopic (exact) mass is 310 g/mol. The van der Waals surface area contributed by atoms with Gasteiger partial charge in [0.25, 0.3) is 0 Å². The van der Waals surface area contributed by atoms with E-state index in [1.165, 1.54) is 11.1 Å². The zero-order valence-electron chi connectivity index (χ0n) is 14.2. The normalized spacial score (nSPS) is 13.3. The highest BCUT2D eigenvalue weighted by Crippen LogP contribution is 2.15. The van der Waals surface area contributed by atoms with Gasteiger partial charge in [-0.15, -0.1) is 0 Å². The van der Waals surface area contributed by atoms with Crippen LogP contribution < -0.4 is 10.6 Å². The van der Waals surface area contributed by atoms with Gasteiger partial charge in [-0.05, 0) is 43.5 Å². The summed E-state index contributed by atoms with van der Waals surface area (Å²) in [6.07, 6.45) is 1.50. The molecule has 2 N–H and O–H groups in total. The summed E-state index contributed by atoms with van der Waals surface area (Å²) in [5.41, 5.74) is 3.43. The highest BCUT2D eigenvalue weighted by atomic mass is 16.1. The lowest BCUT2D eigenvalue weighted by Crippen LogP contribution is -2.32. The number of carbonyl (C=O) groups is 1. The first kappa shape index (κ1) is 17.2. The van der Waals surface area contributed by atoms with Crippen molar-refractivity contribution in [2.75, 3.05) is 5.32 Å². The van der Waals surface area contributed by atoms with Gasteiger partial charge in [0.05, 0.1) is 0 Å². The van der Waals surface area contributed by atoms with E-state index in [0.717, 1.165) is 12.1 Å². The van der Waals surface area contributed by atoms with Crippen LogP contribution in [-0.2, 0) is 11.2 Å². The predicted octanol–water partition coefficient (Wildman–Crippen LogP) is 4.32. The number of nitrogens with one attached hydrogen (secondary N) is 2. The molecule has 2 rings (SSSR count). The number of para-hydroxylation sites is 1. The Morgan fingerprint density at radius 3 is 2.26 bits per heavy atom. The molecule has 0 radical (unpaired) electrons. The van der Waals surface area contributed by atoms with E-state index >= 15 is 0 Å². The second-order valence-electron chi connectivity index (χ2n) is 6.00. The summed E-state index contributed by atoms with van der Waals surface area (Å²) >= 11 is 0. The third-order valence-corrected chi connectivity index (χ3v) is 3.97. The number of hydrogen-bond acceptors (Lipinski definition) is 2. The lowest BCUT2D eigenvalue weighted by Gasteiger charge is -2.20. The van der Waals surface area contributed by atoms with Crippen LogP contribution in [0.1, 0.15) is 44.4 Å². The highest BCUT2D eigenvalue weighted by molar-refractivity contribution is 5.91. The van der Waals surface area contributed by atoms with E-state index in [1.54, 1.807) is 0 Å². The number of hydrogen-bond donors (Lipinski definition) is 2. The minimum atomic E-state index is 0.0322. The summed E-state index contributed by atoms with van der Waals surface area (Å²) in [5.74, 6) is 0.0322. The maximum Gasteiger partial charge on any atom is 0.225 e. The van der Waals surface area contributed by atoms with Crippen LogP contribution in [0, 0.1) is 0 Å². The molecule has 0 spiro atoms. The van der Waals surface area contributed by atoms with Crippen molar-refractivity contribution in [3.8, 4) is 0 Å². The molecule has 2 atom stereocenters. The summed E-state index contributed by atoms with van der Waals surface area (Å²) in [7, 11) is 0. The molecule has 0 fully saturated rings. The lowest BCUT2D eigenvalue weighted by atomic mass is 10.0. The molecule has 3 nitrogen and oxygen atoms in total. The van der Waals surface area contributed by atoms with Gasteiger partial charge in [0.1, 0.15) is 0 Å². The van der Waals surface area contributed by atoms with Crippen LogP contribution in [0.5, 0.6) is 0 Å².